The Hall–Kier alpha value is -2.61. The molecule has 1 saturated heterocycles. The molecule has 0 saturated carbocycles. The summed E-state index contributed by atoms with van der Waals surface area (Å²) in [7, 11) is 0. The first-order valence-electron chi connectivity index (χ1n) is 10.4. The van der Waals surface area contributed by atoms with Gasteiger partial charge in [0.25, 0.3) is 0 Å². The van der Waals surface area contributed by atoms with Gasteiger partial charge in [0.2, 0.25) is 5.91 Å². The number of anilines is 1. The number of halogens is 2. The molecule has 2 heterocycles. The lowest BCUT2D eigenvalue weighted by molar-refractivity contribution is -0.133. The third-order valence-electron chi connectivity index (χ3n) is 6.22. The normalized spacial score (nSPS) is 22.2. The standard InChI is InChI=1S/C22H27F2N5O/c1-13-3-6-19-20(13)21(27-12-26-19)29-8-7-28(11-14(29)2)22(30)18(25)10-15-4-5-16(23)17(24)9-15/h4-5,9,12-14,18H,3,6-8,10-11,25H2,1-2H3. The maximum absolute atomic E-state index is 13.4. The average Bonchev–Trinajstić information content (AvgIpc) is 3.11. The molecule has 1 aliphatic carbocycles. The summed E-state index contributed by atoms with van der Waals surface area (Å²) in [6.07, 6.45) is 3.88. The van der Waals surface area contributed by atoms with Crippen molar-refractivity contribution in [3.63, 3.8) is 0 Å². The summed E-state index contributed by atoms with van der Waals surface area (Å²) in [4.78, 5) is 25.9. The molecule has 2 aliphatic rings. The molecule has 6 nitrogen and oxygen atoms in total. The van der Waals surface area contributed by atoms with Gasteiger partial charge in [-0.1, -0.05) is 13.0 Å². The van der Waals surface area contributed by atoms with Crippen molar-refractivity contribution >= 4 is 11.7 Å². The van der Waals surface area contributed by atoms with E-state index in [1.54, 1.807) is 11.2 Å². The van der Waals surface area contributed by atoms with E-state index in [2.05, 4.69) is 28.7 Å². The van der Waals surface area contributed by atoms with E-state index in [1.165, 1.54) is 11.6 Å². The van der Waals surface area contributed by atoms with Crippen LogP contribution < -0.4 is 10.6 Å². The summed E-state index contributed by atoms with van der Waals surface area (Å²) < 4.78 is 26.6. The van der Waals surface area contributed by atoms with E-state index in [0.29, 0.717) is 31.1 Å². The highest BCUT2D eigenvalue weighted by molar-refractivity contribution is 5.82. The summed E-state index contributed by atoms with van der Waals surface area (Å²) >= 11 is 0. The van der Waals surface area contributed by atoms with Crippen LogP contribution in [0.5, 0.6) is 0 Å². The molecule has 0 radical (unpaired) electrons. The smallest absolute Gasteiger partial charge is 0.239 e. The van der Waals surface area contributed by atoms with Crippen LogP contribution in [0.1, 0.15) is 43.0 Å². The van der Waals surface area contributed by atoms with Gasteiger partial charge in [0, 0.05) is 36.9 Å². The van der Waals surface area contributed by atoms with Crippen LogP contribution in [0, 0.1) is 11.6 Å². The zero-order valence-corrected chi connectivity index (χ0v) is 17.3. The molecule has 1 aromatic heterocycles. The van der Waals surface area contributed by atoms with Crippen molar-refractivity contribution in [2.24, 2.45) is 5.73 Å². The van der Waals surface area contributed by atoms with Gasteiger partial charge in [0.1, 0.15) is 12.1 Å². The fourth-order valence-corrected chi connectivity index (χ4v) is 4.57. The Kier molecular flexibility index (Phi) is 5.69. The lowest BCUT2D eigenvalue weighted by Crippen LogP contribution is -2.57. The molecule has 4 rings (SSSR count). The minimum Gasteiger partial charge on any atom is -0.350 e. The summed E-state index contributed by atoms with van der Waals surface area (Å²) in [5.41, 5.74) is 8.98. The number of hydrogen-bond acceptors (Lipinski definition) is 5. The molecule has 1 fully saturated rings. The molecule has 3 atom stereocenters. The first-order chi connectivity index (χ1) is 14.3. The highest BCUT2D eigenvalue weighted by Crippen LogP contribution is 2.38. The van der Waals surface area contributed by atoms with Crippen molar-refractivity contribution < 1.29 is 13.6 Å². The number of amides is 1. The number of nitrogens with two attached hydrogens (primary N) is 1. The summed E-state index contributed by atoms with van der Waals surface area (Å²) in [6, 6.07) is 2.91. The van der Waals surface area contributed by atoms with Crippen LogP contribution in [0.2, 0.25) is 0 Å². The van der Waals surface area contributed by atoms with Gasteiger partial charge in [-0.3, -0.25) is 4.79 Å². The number of piperazine rings is 1. The predicted molar refractivity (Wildman–Crippen MR) is 110 cm³/mol. The Bertz CT molecular complexity index is 953. The number of fused-ring (bicyclic) bond motifs is 1. The van der Waals surface area contributed by atoms with Crippen molar-refractivity contribution in [2.75, 3.05) is 24.5 Å². The second-order valence-electron chi connectivity index (χ2n) is 8.38. The molecule has 1 aliphatic heterocycles. The lowest BCUT2D eigenvalue weighted by atomic mass is 10.0. The van der Waals surface area contributed by atoms with Crippen molar-refractivity contribution in [2.45, 2.75) is 51.1 Å². The van der Waals surface area contributed by atoms with Gasteiger partial charge in [-0.05, 0) is 49.8 Å². The lowest BCUT2D eigenvalue weighted by Gasteiger charge is -2.42. The minimum atomic E-state index is -0.930. The van der Waals surface area contributed by atoms with E-state index < -0.39 is 17.7 Å². The van der Waals surface area contributed by atoms with Gasteiger partial charge in [-0.2, -0.15) is 0 Å². The fraction of sp³-hybridized carbons (Fsp3) is 0.500. The van der Waals surface area contributed by atoms with E-state index in [1.807, 2.05) is 0 Å². The third kappa shape index (κ3) is 3.88. The van der Waals surface area contributed by atoms with E-state index in [-0.39, 0.29) is 18.4 Å². The van der Waals surface area contributed by atoms with Gasteiger partial charge in [-0.25, -0.2) is 18.7 Å². The van der Waals surface area contributed by atoms with Gasteiger partial charge in [0.15, 0.2) is 11.6 Å². The quantitative estimate of drug-likeness (QED) is 0.830. The number of hydrogen-bond donors (Lipinski definition) is 1. The van der Waals surface area contributed by atoms with Crippen LogP contribution in [0.3, 0.4) is 0 Å². The number of aromatic nitrogens is 2. The molecule has 160 valence electrons. The maximum atomic E-state index is 13.4. The molecule has 3 unspecified atom stereocenters. The molecule has 2 aromatic rings. The molecule has 8 heteroatoms. The van der Waals surface area contributed by atoms with Gasteiger partial charge < -0.3 is 15.5 Å². The number of carbonyl (C=O) groups is 1. The summed E-state index contributed by atoms with van der Waals surface area (Å²) in [5.74, 6) is -0.592. The predicted octanol–water partition coefficient (Wildman–Crippen LogP) is 2.41. The van der Waals surface area contributed by atoms with Crippen molar-refractivity contribution in [1.82, 2.24) is 14.9 Å². The van der Waals surface area contributed by atoms with E-state index in [4.69, 9.17) is 5.73 Å². The van der Waals surface area contributed by atoms with E-state index in [0.717, 1.165) is 36.5 Å². The first-order valence-corrected chi connectivity index (χ1v) is 10.4. The van der Waals surface area contributed by atoms with Gasteiger partial charge >= 0.3 is 0 Å². The second-order valence-corrected chi connectivity index (χ2v) is 8.38. The van der Waals surface area contributed by atoms with Crippen LogP contribution >= 0.6 is 0 Å². The van der Waals surface area contributed by atoms with E-state index >= 15 is 0 Å². The Morgan fingerprint density at radius 3 is 2.77 bits per heavy atom. The molecule has 0 spiro atoms. The van der Waals surface area contributed by atoms with Crippen molar-refractivity contribution in [1.29, 1.82) is 0 Å². The molecular formula is C22H27F2N5O. The minimum absolute atomic E-state index is 0.0879. The Balaban J connectivity index is 1.42. The molecule has 2 N–H and O–H groups in total. The Labute approximate surface area is 175 Å². The molecule has 30 heavy (non-hydrogen) atoms. The first kappa shape index (κ1) is 20.7. The van der Waals surface area contributed by atoms with Gasteiger partial charge in [0.05, 0.1) is 6.04 Å². The summed E-state index contributed by atoms with van der Waals surface area (Å²) in [6.45, 7) is 6.04. The third-order valence-corrected chi connectivity index (χ3v) is 6.22. The molecule has 1 amide bonds. The van der Waals surface area contributed by atoms with Gasteiger partial charge in [-0.15, -0.1) is 0 Å². The molecule has 0 bridgehead atoms. The zero-order valence-electron chi connectivity index (χ0n) is 17.3. The van der Waals surface area contributed by atoms with Crippen LogP contribution in [-0.2, 0) is 17.6 Å². The highest BCUT2D eigenvalue weighted by atomic mass is 19.2. The highest BCUT2D eigenvalue weighted by Gasteiger charge is 2.33. The van der Waals surface area contributed by atoms with Crippen molar-refractivity contribution in [3.8, 4) is 0 Å². The monoisotopic (exact) mass is 415 g/mol. The Morgan fingerprint density at radius 1 is 1.23 bits per heavy atom. The largest absolute Gasteiger partial charge is 0.350 e. The van der Waals surface area contributed by atoms with Crippen LogP contribution in [-0.4, -0.2) is 52.5 Å². The topological polar surface area (TPSA) is 75.4 Å². The van der Waals surface area contributed by atoms with Crippen LogP contribution in [0.15, 0.2) is 24.5 Å². The van der Waals surface area contributed by atoms with Crippen molar-refractivity contribution in [3.05, 3.63) is 53.0 Å². The molecular weight excluding hydrogens is 388 g/mol. The number of carbonyl (C=O) groups excluding carboxylic acids is 1. The number of nitrogens with zero attached hydrogens (tertiary/aromatic N) is 4. The number of benzene rings is 1. The zero-order chi connectivity index (χ0) is 21.4. The number of rotatable bonds is 4. The Morgan fingerprint density at radius 2 is 2.03 bits per heavy atom. The van der Waals surface area contributed by atoms with Crippen LogP contribution in [0.4, 0.5) is 14.6 Å². The SMILES string of the molecule is CC1CCc2ncnc(N3CCN(C(=O)C(N)Cc4ccc(F)c(F)c4)CC3C)c21. The van der Waals surface area contributed by atoms with Crippen LogP contribution in [0.25, 0.3) is 0 Å². The maximum Gasteiger partial charge on any atom is 0.239 e. The van der Waals surface area contributed by atoms with E-state index in [9.17, 15) is 13.6 Å². The summed E-state index contributed by atoms with van der Waals surface area (Å²) in [5, 5.41) is 0. The second kappa shape index (κ2) is 8.26. The molecule has 1 aromatic carbocycles. The fourth-order valence-electron chi connectivity index (χ4n) is 4.57. The average molecular weight is 415 g/mol. The number of aryl methyl sites for hydroxylation is 1.